The maximum atomic E-state index is 8.88. The standard InChI is InChI=1S/C10H18N4O/c1-7(2)8-9(11)12-6-13-10(8)14(3)4-5-15/h6-7,15H,4-5H2,1-3H3,(H2,11,12,13). The van der Waals surface area contributed by atoms with Gasteiger partial charge in [-0.2, -0.15) is 0 Å². The van der Waals surface area contributed by atoms with Crippen LogP contribution in [0.15, 0.2) is 6.33 Å². The first-order valence-electron chi connectivity index (χ1n) is 5.00. The summed E-state index contributed by atoms with van der Waals surface area (Å²) in [5.74, 6) is 1.58. The number of nitrogens with zero attached hydrogens (tertiary/aromatic N) is 3. The lowest BCUT2D eigenvalue weighted by atomic mass is 10.0. The number of aliphatic hydroxyl groups is 1. The average molecular weight is 210 g/mol. The van der Waals surface area contributed by atoms with Crippen molar-refractivity contribution in [2.24, 2.45) is 0 Å². The molecule has 0 spiro atoms. The molecule has 1 aromatic rings. The summed E-state index contributed by atoms with van der Waals surface area (Å²) < 4.78 is 0. The molecule has 3 N–H and O–H groups in total. The fraction of sp³-hybridized carbons (Fsp3) is 0.600. The maximum Gasteiger partial charge on any atom is 0.137 e. The fourth-order valence-corrected chi connectivity index (χ4v) is 1.51. The Balaban J connectivity index is 3.10. The molecular formula is C10H18N4O. The van der Waals surface area contributed by atoms with Crippen molar-refractivity contribution in [1.29, 1.82) is 0 Å². The lowest BCUT2D eigenvalue weighted by Crippen LogP contribution is -2.24. The summed E-state index contributed by atoms with van der Waals surface area (Å²) in [4.78, 5) is 10.1. The van der Waals surface area contributed by atoms with Crippen molar-refractivity contribution in [3.8, 4) is 0 Å². The van der Waals surface area contributed by atoms with Gasteiger partial charge in [-0.15, -0.1) is 0 Å². The Morgan fingerprint density at radius 2 is 2.13 bits per heavy atom. The Labute approximate surface area is 90.0 Å². The molecule has 0 aromatic carbocycles. The highest BCUT2D eigenvalue weighted by Gasteiger charge is 2.15. The first-order chi connectivity index (χ1) is 7.07. The van der Waals surface area contributed by atoms with Crippen molar-refractivity contribution in [2.45, 2.75) is 19.8 Å². The van der Waals surface area contributed by atoms with Crippen molar-refractivity contribution in [1.82, 2.24) is 9.97 Å². The molecule has 1 rings (SSSR count). The molecule has 0 unspecified atom stereocenters. The van der Waals surface area contributed by atoms with E-state index in [9.17, 15) is 0 Å². The van der Waals surface area contributed by atoms with Crippen molar-refractivity contribution >= 4 is 11.6 Å². The molecule has 5 heteroatoms. The molecule has 0 radical (unpaired) electrons. The zero-order valence-electron chi connectivity index (χ0n) is 9.44. The highest BCUT2D eigenvalue weighted by molar-refractivity contribution is 5.57. The maximum absolute atomic E-state index is 8.88. The molecule has 1 heterocycles. The van der Waals surface area contributed by atoms with E-state index in [0.29, 0.717) is 12.4 Å². The van der Waals surface area contributed by atoms with E-state index in [-0.39, 0.29) is 12.5 Å². The smallest absolute Gasteiger partial charge is 0.137 e. The zero-order valence-corrected chi connectivity index (χ0v) is 9.44. The molecule has 0 bridgehead atoms. The molecule has 0 aliphatic carbocycles. The summed E-state index contributed by atoms with van der Waals surface area (Å²) in [6.45, 7) is 4.73. The minimum Gasteiger partial charge on any atom is -0.395 e. The summed E-state index contributed by atoms with van der Waals surface area (Å²) in [5.41, 5.74) is 6.75. The van der Waals surface area contributed by atoms with Gasteiger partial charge in [0, 0.05) is 19.2 Å². The van der Waals surface area contributed by atoms with Crippen LogP contribution in [0.3, 0.4) is 0 Å². The summed E-state index contributed by atoms with van der Waals surface area (Å²) in [7, 11) is 1.88. The van der Waals surface area contributed by atoms with Crippen molar-refractivity contribution < 1.29 is 5.11 Å². The highest BCUT2D eigenvalue weighted by Crippen LogP contribution is 2.27. The molecule has 0 atom stereocenters. The number of aromatic nitrogens is 2. The van der Waals surface area contributed by atoms with E-state index in [1.807, 2.05) is 25.8 Å². The SMILES string of the molecule is CC(C)c1c(N)ncnc1N(C)CCO. The minimum atomic E-state index is 0.0952. The van der Waals surface area contributed by atoms with E-state index in [1.165, 1.54) is 6.33 Å². The third kappa shape index (κ3) is 2.56. The normalized spacial score (nSPS) is 10.7. The van der Waals surface area contributed by atoms with Crippen LogP contribution in [0.5, 0.6) is 0 Å². The van der Waals surface area contributed by atoms with E-state index < -0.39 is 0 Å². The molecule has 1 aromatic heterocycles. The summed E-state index contributed by atoms with van der Waals surface area (Å²) in [5, 5.41) is 8.88. The number of rotatable bonds is 4. The number of likely N-dealkylation sites (N-methyl/N-ethyl adjacent to an activating group) is 1. The Kier molecular flexibility index (Phi) is 3.85. The molecule has 84 valence electrons. The van der Waals surface area contributed by atoms with Gasteiger partial charge in [0.05, 0.1) is 6.61 Å². The van der Waals surface area contributed by atoms with Crippen molar-refractivity contribution in [2.75, 3.05) is 30.8 Å². The number of anilines is 2. The second kappa shape index (κ2) is 4.93. The number of nitrogen functional groups attached to an aromatic ring is 1. The van der Waals surface area contributed by atoms with Crippen molar-refractivity contribution in [3.05, 3.63) is 11.9 Å². The van der Waals surface area contributed by atoms with Gasteiger partial charge in [-0.3, -0.25) is 0 Å². The third-order valence-corrected chi connectivity index (χ3v) is 2.27. The van der Waals surface area contributed by atoms with Gasteiger partial charge < -0.3 is 15.7 Å². The molecule has 0 aliphatic rings. The average Bonchev–Trinajstić information content (AvgIpc) is 2.17. The number of nitrogens with two attached hydrogens (primary N) is 1. The van der Waals surface area contributed by atoms with Crippen LogP contribution >= 0.6 is 0 Å². The second-order valence-corrected chi connectivity index (χ2v) is 3.80. The predicted octanol–water partition coefficient (Wildman–Crippen LogP) is 0.611. The van der Waals surface area contributed by atoms with E-state index in [1.54, 1.807) is 0 Å². The van der Waals surface area contributed by atoms with Gasteiger partial charge in [-0.25, -0.2) is 9.97 Å². The number of aliphatic hydroxyl groups excluding tert-OH is 1. The van der Waals surface area contributed by atoms with Crippen LogP contribution in [0, 0.1) is 0 Å². The van der Waals surface area contributed by atoms with Crippen LogP contribution in [-0.4, -0.2) is 35.3 Å². The largest absolute Gasteiger partial charge is 0.395 e. The molecule has 15 heavy (non-hydrogen) atoms. The summed E-state index contributed by atoms with van der Waals surface area (Å²) in [6, 6.07) is 0. The van der Waals surface area contributed by atoms with Crippen LogP contribution in [0.2, 0.25) is 0 Å². The first-order valence-corrected chi connectivity index (χ1v) is 5.00. The van der Waals surface area contributed by atoms with Gasteiger partial charge in [-0.1, -0.05) is 13.8 Å². The number of hydrogen-bond acceptors (Lipinski definition) is 5. The summed E-state index contributed by atoms with van der Waals surface area (Å²) in [6.07, 6.45) is 1.45. The van der Waals surface area contributed by atoms with Crippen LogP contribution in [0.1, 0.15) is 25.3 Å². The molecule has 0 saturated heterocycles. The Morgan fingerprint density at radius 3 is 2.67 bits per heavy atom. The first kappa shape index (κ1) is 11.7. The van der Waals surface area contributed by atoms with Gasteiger partial charge in [-0.05, 0) is 5.92 Å². The zero-order chi connectivity index (χ0) is 11.4. The predicted molar refractivity (Wildman–Crippen MR) is 60.9 cm³/mol. The van der Waals surface area contributed by atoms with Crippen LogP contribution in [0.25, 0.3) is 0 Å². The van der Waals surface area contributed by atoms with Crippen molar-refractivity contribution in [3.63, 3.8) is 0 Å². The highest BCUT2D eigenvalue weighted by atomic mass is 16.3. The molecule has 0 fully saturated rings. The quantitative estimate of drug-likeness (QED) is 0.761. The van der Waals surface area contributed by atoms with Gasteiger partial charge in [0.15, 0.2) is 0 Å². The van der Waals surface area contributed by atoms with E-state index >= 15 is 0 Å². The Hall–Kier alpha value is -1.36. The minimum absolute atomic E-state index is 0.0952. The van der Waals surface area contributed by atoms with E-state index in [2.05, 4.69) is 9.97 Å². The fourth-order valence-electron chi connectivity index (χ4n) is 1.51. The second-order valence-electron chi connectivity index (χ2n) is 3.80. The molecule has 5 nitrogen and oxygen atoms in total. The van der Waals surface area contributed by atoms with Gasteiger partial charge in [0.2, 0.25) is 0 Å². The molecular weight excluding hydrogens is 192 g/mol. The van der Waals surface area contributed by atoms with Gasteiger partial charge in [0.25, 0.3) is 0 Å². The molecule has 0 saturated carbocycles. The topological polar surface area (TPSA) is 75.3 Å². The van der Waals surface area contributed by atoms with E-state index in [0.717, 1.165) is 11.4 Å². The monoisotopic (exact) mass is 210 g/mol. The van der Waals surface area contributed by atoms with Crippen LogP contribution < -0.4 is 10.6 Å². The third-order valence-electron chi connectivity index (χ3n) is 2.27. The van der Waals surface area contributed by atoms with E-state index in [4.69, 9.17) is 10.8 Å². The van der Waals surface area contributed by atoms with Crippen LogP contribution in [-0.2, 0) is 0 Å². The Morgan fingerprint density at radius 1 is 1.47 bits per heavy atom. The lowest BCUT2D eigenvalue weighted by molar-refractivity contribution is 0.303. The molecule has 0 aliphatic heterocycles. The summed E-state index contributed by atoms with van der Waals surface area (Å²) >= 11 is 0. The number of hydrogen-bond donors (Lipinski definition) is 2. The molecule has 0 amide bonds. The van der Waals surface area contributed by atoms with Crippen LogP contribution in [0.4, 0.5) is 11.6 Å². The lowest BCUT2D eigenvalue weighted by Gasteiger charge is -2.22. The van der Waals surface area contributed by atoms with Gasteiger partial charge in [0.1, 0.15) is 18.0 Å². The Bertz CT molecular complexity index is 327. The van der Waals surface area contributed by atoms with Gasteiger partial charge >= 0.3 is 0 Å².